The molecule has 1 aromatic rings. The molecule has 6 nitrogen and oxygen atoms in total. The molecule has 2 rings (SSSR count). The molecule has 0 saturated heterocycles. The average Bonchev–Trinajstić information content (AvgIpc) is 2.55. The monoisotopic (exact) mass is 378 g/mol. The number of hydrogen-bond donors (Lipinski definition) is 3. The molecule has 2 amide bonds. The van der Waals surface area contributed by atoms with Gasteiger partial charge in [-0.1, -0.05) is 32.4 Å². The van der Waals surface area contributed by atoms with Gasteiger partial charge in [-0.2, -0.15) is 0 Å². The van der Waals surface area contributed by atoms with E-state index in [-0.39, 0.29) is 24.2 Å². The Hall–Kier alpha value is -2.44. The average molecular weight is 378 g/mol. The molecule has 0 radical (unpaired) electrons. The van der Waals surface area contributed by atoms with E-state index in [4.69, 9.17) is 0 Å². The van der Waals surface area contributed by atoms with Crippen LogP contribution >= 0.6 is 0 Å². The maximum absolute atomic E-state index is 13.4. The Kier molecular flexibility index (Phi) is 6.93. The van der Waals surface area contributed by atoms with Crippen molar-refractivity contribution in [1.29, 1.82) is 0 Å². The highest BCUT2D eigenvalue weighted by molar-refractivity contribution is 5.90. The van der Waals surface area contributed by atoms with Gasteiger partial charge in [0, 0.05) is 0 Å². The Balaban J connectivity index is 1.91. The molecule has 0 aromatic heterocycles. The van der Waals surface area contributed by atoms with Crippen molar-refractivity contribution in [2.75, 3.05) is 6.54 Å². The summed E-state index contributed by atoms with van der Waals surface area (Å²) in [7, 11) is 0. The quantitative estimate of drug-likeness (QED) is 0.614. The second-order valence-electron chi connectivity index (χ2n) is 7.71. The van der Waals surface area contributed by atoms with Gasteiger partial charge in [-0.3, -0.25) is 9.59 Å². The summed E-state index contributed by atoms with van der Waals surface area (Å²) in [6.07, 6.45) is 3.01. The first kappa shape index (κ1) is 20.9. The number of carbonyl (C=O) groups is 3. The SMILES string of the molecule is CC(C)C[C@H](NC(=O)CNC(=O)C1(Cc2cccc(F)c2)CCC1)C(=O)O. The van der Waals surface area contributed by atoms with Gasteiger partial charge in [0.05, 0.1) is 12.0 Å². The van der Waals surface area contributed by atoms with Gasteiger partial charge in [0.15, 0.2) is 0 Å². The van der Waals surface area contributed by atoms with Crippen LogP contribution in [0.2, 0.25) is 0 Å². The highest BCUT2D eigenvalue weighted by Crippen LogP contribution is 2.44. The van der Waals surface area contributed by atoms with Gasteiger partial charge >= 0.3 is 5.97 Å². The van der Waals surface area contributed by atoms with Crippen LogP contribution in [-0.4, -0.2) is 35.5 Å². The minimum atomic E-state index is -1.09. The predicted octanol–water partition coefficient (Wildman–Crippen LogP) is 2.27. The number of hydrogen-bond acceptors (Lipinski definition) is 3. The van der Waals surface area contributed by atoms with Crippen LogP contribution in [0.4, 0.5) is 4.39 Å². The van der Waals surface area contributed by atoms with E-state index in [1.807, 2.05) is 13.8 Å². The van der Waals surface area contributed by atoms with Gasteiger partial charge in [0.25, 0.3) is 0 Å². The third-order valence-electron chi connectivity index (χ3n) is 4.97. The summed E-state index contributed by atoms with van der Waals surface area (Å²) in [5, 5.41) is 14.2. The fourth-order valence-electron chi connectivity index (χ4n) is 3.41. The lowest BCUT2D eigenvalue weighted by Crippen LogP contribution is -2.51. The Morgan fingerprint density at radius 2 is 1.96 bits per heavy atom. The number of aliphatic carboxylic acids is 1. The van der Waals surface area contributed by atoms with Crippen LogP contribution in [0, 0.1) is 17.2 Å². The maximum Gasteiger partial charge on any atom is 0.326 e. The molecule has 1 aromatic carbocycles. The zero-order valence-electron chi connectivity index (χ0n) is 15.8. The van der Waals surface area contributed by atoms with Crippen LogP contribution in [0.25, 0.3) is 0 Å². The molecule has 27 heavy (non-hydrogen) atoms. The normalized spacial score (nSPS) is 16.3. The van der Waals surface area contributed by atoms with Gasteiger partial charge in [-0.05, 0) is 49.3 Å². The van der Waals surface area contributed by atoms with E-state index in [2.05, 4.69) is 10.6 Å². The van der Waals surface area contributed by atoms with Crippen molar-refractivity contribution in [3.05, 3.63) is 35.6 Å². The van der Waals surface area contributed by atoms with Crippen molar-refractivity contribution in [2.45, 2.75) is 52.0 Å². The number of halogens is 1. The number of nitrogens with one attached hydrogen (secondary N) is 2. The molecule has 1 saturated carbocycles. The highest BCUT2D eigenvalue weighted by Gasteiger charge is 2.44. The minimum Gasteiger partial charge on any atom is -0.480 e. The smallest absolute Gasteiger partial charge is 0.326 e. The minimum absolute atomic E-state index is 0.116. The highest BCUT2D eigenvalue weighted by atomic mass is 19.1. The molecule has 3 N–H and O–H groups in total. The van der Waals surface area contributed by atoms with E-state index < -0.39 is 23.3 Å². The van der Waals surface area contributed by atoms with E-state index in [1.54, 1.807) is 12.1 Å². The first-order valence-electron chi connectivity index (χ1n) is 9.27. The number of carboxylic acids is 1. The molecular weight excluding hydrogens is 351 g/mol. The summed E-state index contributed by atoms with van der Waals surface area (Å²) in [5.41, 5.74) is 0.121. The lowest BCUT2D eigenvalue weighted by molar-refractivity contribution is -0.142. The Bertz CT molecular complexity index is 701. The van der Waals surface area contributed by atoms with Gasteiger partial charge in [0.1, 0.15) is 11.9 Å². The number of benzene rings is 1. The summed E-state index contributed by atoms with van der Waals surface area (Å²) >= 11 is 0. The van der Waals surface area contributed by atoms with Gasteiger partial charge < -0.3 is 15.7 Å². The van der Waals surface area contributed by atoms with Crippen LogP contribution in [-0.2, 0) is 20.8 Å². The lowest BCUT2D eigenvalue weighted by atomic mass is 9.64. The zero-order chi connectivity index (χ0) is 20.0. The van der Waals surface area contributed by atoms with Crippen molar-refractivity contribution in [1.82, 2.24) is 10.6 Å². The van der Waals surface area contributed by atoms with Gasteiger partial charge in [0.2, 0.25) is 11.8 Å². The molecule has 1 atom stereocenters. The summed E-state index contributed by atoms with van der Waals surface area (Å²) in [5.74, 6) is -2.09. The standard InChI is InChI=1S/C20H27FN2O4/c1-13(2)9-16(18(25)26)23-17(24)12-22-19(27)20(7-4-8-20)11-14-5-3-6-15(21)10-14/h3,5-6,10,13,16H,4,7-9,11-12H2,1-2H3,(H,22,27)(H,23,24)(H,25,26)/t16-/m0/s1. The van der Waals surface area contributed by atoms with Gasteiger partial charge in [-0.15, -0.1) is 0 Å². The van der Waals surface area contributed by atoms with Crippen molar-refractivity contribution < 1.29 is 23.9 Å². The summed E-state index contributed by atoms with van der Waals surface area (Å²) in [6.45, 7) is 3.47. The maximum atomic E-state index is 13.4. The largest absolute Gasteiger partial charge is 0.480 e. The van der Waals surface area contributed by atoms with Crippen molar-refractivity contribution >= 4 is 17.8 Å². The second-order valence-corrected chi connectivity index (χ2v) is 7.71. The molecule has 1 aliphatic rings. The first-order chi connectivity index (χ1) is 12.7. The molecule has 0 heterocycles. The first-order valence-corrected chi connectivity index (χ1v) is 9.27. The number of amides is 2. The van der Waals surface area contributed by atoms with E-state index in [0.29, 0.717) is 25.7 Å². The van der Waals surface area contributed by atoms with Gasteiger partial charge in [-0.25, -0.2) is 9.18 Å². The van der Waals surface area contributed by atoms with E-state index in [9.17, 15) is 23.9 Å². The number of carbonyl (C=O) groups excluding carboxylic acids is 2. The summed E-state index contributed by atoms with van der Waals surface area (Å²) < 4.78 is 13.4. The molecule has 1 aliphatic carbocycles. The lowest BCUT2D eigenvalue weighted by Gasteiger charge is -2.40. The van der Waals surface area contributed by atoms with Crippen molar-refractivity contribution in [3.8, 4) is 0 Å². The molecule has 148 valence electrons. The molecule has 0 aliphatic heterocycles. The van der Waals surface area contributed by atoms with E-state index in [1.165, 1.54) is 12.1 Å². The van der Waals surface area contributed by atoms with Crippen molar-refractivity contribution in [3.63, 3.8) is 0 Å². The second kappa shape index (κ2) is 8.97. The fraction of sp³-hybridized carbons (Fsp3) is 0.550. The fourth-order valence-corrected chi connectivity index (χ4v) is 3.41. The molecule has 1 fully saturated rings. The Morgan fingerprint density at radius 3 is 2.48 bits per heavy atom. The van der Waals surface area contributed by atoms with Crippen LogP contribution in [0.15, 0.2) is 24.3 Å². The van der Waals surface area contributed by atoms with E-state index >= 15 is 0 Å². The predicted molar refractivity (Wildman–Crippen MR) is 98.4 cm³/mol. The molecule has 0 unspecified atom stereocenters. The van der Waals surface area contributed by atoms with Crippen LogP contribution in [0.5, 0.6) is 0 Å². The number of rotatable bonds is 9. The molecule has 0 spiro atoms. The van der Waals surface area contributed by atoms with E-state index in [0.717, 1.165) is 12.0 Å². The van der Waals surface area contributed by atoms with Crippen molar-refractivity contribution in [2.24, 2.45) is 11.3 Å². The van der Waals surface area contributed by atoms with Crippen LogP contribution < -0.4 is 10.6 Å². The van der Waals surface area contributed by atoms with Crippen LogP contribution in [0.1, 0.15) is 45.1 Å². The summed E-state index contributed by atoms with van der Waals surface area (Å²) in [6, 6.07) is 5.20. The number of carboxylic acid groups (broad SMARTS) is 1. The third kappa shape index (κ3) is 5.77. The Labute approximate surface area is 158 Å². The Morgan fingerprint density at radius 1 is 1.26 bits per heavy atom. The molecule has 7 heteroatoms. The summed E-state index contributed by atoms with van der Waals surface area (Å²) in [4.78, 5) is 35.9. The van der Waals surface area contributed by atoms with Crippen LogP contribution in [0.3, 0.4) is 0 Å². The zero-order valence-corrected chi connectivity index (χ0v) is 15.8. The molecule has 0 bridgehead atoms. The third-order valence-corrected chi connectivity index (χ3v) is 4.97. The molecular formula is C20H27FN2O4. The topological polar surface area (TPSA) is 95.5 Å².